The number of ether oxygens (including phenoxy) is 1. The fourth-order valence-corrected chi connectivity index (χ4v) is 1.24. The monoisotopic (exact) mass is 209 g/mol. The van der Waals surface area contributed by atoms with Crippen LogP contribution < -0.4 is 0 Å². The van der Waals surface area contributed by atoms with Crippen molar-refractivity contribution in [3.63, 3.8) is 0 Å². The first-order valence-electron chi connectivity index (χ1n) is 4.80. The number of allylic oxidation sites excluding steroid dienone is 1. The summed E-state index contributed by atoms with van der Waals surface area (Å²) in [7, 11) is 0. The second-order valence-corrected chi connectivity index (χ2v) is 4.43. The van der Waals surface area contributed by atoms with E-state index in [0.29, 0.717) is 6.29 Å². The third-order valence-electron chi connectivity index (χ3n) is 1.91. The Labute approximate surface area is 89.0 Å². The highest BCUT2D eigenvalue weighted by atomic mass is 16.6. The minimum Gasteiger partial charge on any atom is -0.458 e. The van der Waals surface area contributed by atoms with Gasteiger partial charge in [-0.05, 0) is 32.9 Å². The highest BCUT2D eigenvalue weighted by molar-refractivity contribution is 5.93. The van der Waals surface area contributed by atoms with E-state index < -0.39 is 17.1 Å². The van der Waals surface area contributed by atoms with Crippen LogP contribution in [0.1, 0.15) is 27.2 Å². The molecule has 1 atom stereocenters. The Morgan fingerprint density at radius 3 is 2.60 bits per heavy atom. The maximum atomic E-state index is 11.8. The summed E-state index contributed by atoms with van der Waals surface area (Å²) in [4.78, 5) is 26.3. The van der Waals surface area contributed by atoms with Crippen molar-refractivity contribution in [1.29, 1.82) is 0 Å². The van der Waals surface area contributed by atoms with Gasteiger partial charge >= 0.3 is 5.97 Å². The summed E-state index contributed by atoms with van der Waals surface area (Å²) in [5.74, 6) is -0.480. The molecule has 0 amide bonds. The van der Waals surface area contributed by atoms with E-state index in [2.05, 4.69) is 4.99 Å². The predicted octanol–water partition coefficient (Wildman–Crippen LogP) is 1.30. The highest BCUT2D eigenvalue weighted by Crippen LogP contribution is 2.24. The van der Waals surface area contributed by atoms with Crippen LogP contribution in [0, 0.1) is 0 Å². The van der Waals surface area contributed by atoms with Gasteiger partial charge in [0.15, 0.2) is 5.54 Å². The second-order valence-electron chi connectivity index (χ2n) is 4.43. The molecular formula is C11H15NO3. The van der Waals surface area contributed by atoms with E-state index in [1.54, 1.807) is 32.9 Å². The lowest BCUT2D eigenvalue weighted by molar-refractivity contribution is -0.160. The van der Waals surface area contributed by atoms with Gasteiger partial charge in [-0.1, -0.05) is 0 Å². The van der Waals surface area contributed by atoms with Crippen LogP contribution in [0.15, 0.2) is 17.1 Å². The molecule has 0 saturated heterocycles. The molecule has 0 N–H and O–H groups in total. The van der Waals surface area contributed by atoms with E-state index >= 15 is 0 Å². The summed E-state index contributed by atoms with van der Waals surface area (Å²) in [6, 6.07) is 0. The third kappa shape index (κ3) is 2.75. The molecule has 4 heteroatoms. The summed E-state index contributed by atoms with van der Waals surface area (Å²) in [6.45, 7) is 5.34. The lowest BCUT2D eigenvalue weighted by Gasteiger charge is -2.26. The van der Waals surface area contributed by atoms with Crippen LogP contribution in [-0.4, -0.2) is 29.6 Å². The molecule has 1 heterocycles. The van der Waals surface area contributed by atoms with E-state index in [4.69, 9.17) is 4.74 Å². The zero-order valence-corrected chi connectivity index (χ0v) is 9.19. The minimum atomic E-state index is -1.13. The molecule has 0 aromatic rings. The quantitative estimate of drug-likeness (QED) is 0.520. The molecule has 0 radical (unpaired) electrons. The van der Waals surface area contributed by atoms with E-state index in [-0.39, 0.29) is 6.42 Å². The number of nitrogens with zero attached hydrogens (tertiary/aromatic N) is 1. The van der Waals surface area contributed by atoms with Crippen molar-refractivity contribution in [2.24, 2.45) is 4.99 Å². The number of rotatable bonds is 3. The molecular weight excluding hydrogens is 194 g/mol. The Morgan fingerprint density at radius 2 is 2.20 bits per heavy atom. The Bertz CT molecular complexity index is 311. The zero-order chi connectivity index (χ0) is 11.5. The highest BCUT2D eigenvalue weighted by Gasteiger charge is 2.39. The molecule has 0 bridgehead atoms. The summed E-state index contributed by atoms with van der Waals surface area (Å²) in [5.41, 5.74) is -1.70. The molecule has 4 nitrogen and oxygen atoms in total. The van der Waals surface area contributed by atoms with Crippen LogP contribution in [0.2, 0.25) is 0 Å². The molecule has 0 aromatic carbocycles. The van der Waals surface area contributed by atoms with E-state index in [1.807, 2.05) is 0 Å². The predicted molar refractivity (Wildman–Crippen MR) is 56.9 cm³/mol. The van der Waals surface area contributed by atoms with Gasteiger partial charge in [0, 0.05) is 12.6 Å². The van der Waals surface area contributed by atoms with Crippen LogP contribution in [0.4, 0.5) is 0 Å². The molecule has 1 rings (SSSR count). The van der Waals surface area contributed by atoms with E-state index in [9.17, 15) is 9.59 Å². The molecule has 0 saturated carbocycles. The largest absolute Gasteiger partial charge is 0.458 e. The van der Waals surface area contributed by atoms with Crippen molar-refractivity contribution in [2.75, 3.05) is 0 Å². The first-order valence-corrected chi connectivity index (χ1v) is 4.80. The molecule has 1 aliphatic heterocycles. The number of hydrogen-bond donors (Lipinski definition) is 0. The molecule has 82 valence electrons. The average Bonchev–Trinajstić information content (AvgIpc) is 2.51. The van der Waals surface area contributed by atoms with Crippen molar-refractivity contribution in [3.05, 3.63) is 12.2 Å². The number of hydrogen-bond acceptors (Lipinski definition) is 4. The topological polar surface area (TPSA) is 55.7 Å². The van der Waals surface area contributed by atoms with Crippen LogP contribution in [0.3, 0.4) is 0 Å². The maximum absolute atomic E-state index is 11.8. The number of esters is 1. The Kier molecular flexibility index (Phi) is 3.07. The van der Waals surface area contributed by atoms with Crippen LogP contribution >= 0.6 is 0 Å². The SMILES string of the molecule is CC(C)(C)OC(=O)C1(CC=O)C=CC=N1. The van der Waals surface area contributed by atoms with Crippen molar-refractivity contribution < 1.29 is 14.3 Å². The number of carbonyl (C=O) groups excluding carboxylic acids is 2. The minimum absolute atomic E-state index is 0.0227. The standard InChI is InChI=1S/C11H15NO3/c1-10(2,3)15-9(14)11(6-8-13)5-4-7-12-11/h4-5,7-8H,6H2,1-3H3. The first-order chi connectivity index (χ1) is 6.90. The van der Waals surface area contributed by atoms with Crippen LogP contribution in [0.25, 0.3) is 0 Å². The second kappa shape index (κ2) is 3.96. The van der Waals surface area contributed by atoms with Gasteiger partial charge in [0.2, 0.25) is 0 Å². The fraction of sp³-hybridized carbons (Fsp3) is 0.545. The summed E-state index contributed by atoms with van der Waals surface area (Å²) in [5, 5.41) is 0. The van der Waals surface area contributed by atoms with Gasteiger partial charge in [-0.15, -0.1) is 0 Å². The number of aliphatic imine (C=N–C) groups is 1. The normalized spacial score (nSPS) is 24.2. The smallest absolute Gasteiger partial charge is 0.339 e. The van der Waals surface area contributed by atoms with Crippen LogP contribution in [-0.2, 0) is 14.3 Å². The fourth-order valence-electron chi connectivity index (χ4n) is 1.24. The Morgan fingerprint density at radius 1 is 1.53 bits per heavy atom. The number of aldehydes is 1. The molecule has 0 fully saturated rings. The van der Waals surface area contributed by atoms with Crippen molar-refractivity contribution in [1.82, 2.24) is 0 Å². The van der Waals surface area contributed by atoms with Gasteiger partial charge < -0.3 is 9.53 Å². The van der Waals surface area contributed by atoms with E-state index in [0.717, 1.165) is 0 Å². The molecule has 1 unspecified atom stereocenters. The van der Waals surface area contributed by atoms with Gasteiger partial charge in [-0.3, -0.25) is 4.99 Å². The zero-order valence-electron chi connectivity index (χ0n) is 9.19. The van der Waals surface area contributed by atoms with Crippen molar-refractivity contribution >= 4 is 18.5 Å². The van der Waals surface area contributed by atoms with Crippen molar-refractivity contribution in [3.8, 4) is 0 Å². The van der Waals surface area contributed by atoms with E-state index in [1.165, 1.54) is 6.21 Å². The third-order valence-corrected chi connectivity index (χ3v) is 1.91. The van der Waals surface area contributed by atoms with Gasteiger partial charge in [-0.2, -0.15) is 0 Å². The molecule has 1 aliphatic rings. The van der Waals surface area contributed by atoms with Gasteiger partial charge in [0.1, 0.15) is 11.9 Å². The Balaban J connectivity index is 2.83. The lowest BCUT2D eigenvalue weighted by atomic mass is 9.97. The lowest BCUT2D eigenvalue weighted by Crippen LogP contribution is -2.40. The molecule has 15 heavy (non-hydrogen) atoms. The summed E-state index contributed by atoms with van der Waals surface area (Å²) < 4.78 is 5.21. The molecule has 0 aromatic heterocycles. The first kappa shape index (κ1) is 11.6. The van der Waals surface area contributed by atoms with Crippen LogP contribution in [0.5, 0.6) is 0 Å². The maximum Gasteiger partial charge on any atom is 0.339 e. The average molecular weight is 209 g/mol. The van der Waals surface area contributed by atoms with Crippen molar-refractivity contribution in [2.45, 2.75) is 38.3 Å². The van der Waals surface area contributed by atoms with Gasteiger partial charge in [-0.25, -0.2) is 4.79 Å². The number of carbonyl (C=O) groups is 2. The summed E-state index contributed by atoms with van der Waals surface area (Å²) in [6.07, 6.45) is 5.45. The van der Waals surface area contributed by atoms with Gasteiger partial charge in [0.25, 0.3) is 0 Å². The molecule has 0 aliphatic carbocycles. The summed E-state index contributed by atoms with van der Waals surface area (Å²) >= 11 is 0. The van der Waals surface area contributed by atoms with Gasteiger partial charge in [0.05, 0.1) is 0 Å². The Hall–Kier alpha value is -1.45. The molecule has 0 spiro atoms.